The summed E-state index contributed by atoms with van der Waals surface area (Å²) in [4.78, 5) is 0.226. The highest BCUT2D eigenvalue weighted by molar-refractivity contribution is 9.09. The molecule has 0 spiro atoms. The van der Waals surface area contributed by atoms with Crippen LogP contribution in [-0.2, 0) is 0 Å². The summed E-state index contributed by atoms with van der Waals surface area (Å²) in [7, 11) is 0. The average molecular weight is 339 g/mol. The van der Waals surface area contributed by atoms with E-state index in [1.165, 1.54) is 38.6 Å². The Labute approximate surface area is 134 Å². The summed E-state index contributed by atoms with van der Waals surface area (Å²) < 4.78 is 0. The Morgan fingerprint density at radius 3 is 2.14 bits per heavy atom. The molecule has 0 radical (unpaired) electrons. The largest absolute Gasteiger partial charge is 0.0786 e. The van der Waals surface area contributed by atoms with Crippen molar-refractivity contribution in [3.63, 3.8) is 0 Å². The Bertz CT molecular complexity index is 774. The molecular weight excluding hydrogens is 320 g/mol. The molecule has 0 bridgehead atoms. The lowest BCUT2D eigenvalue weighted by molar-refractivity contribution is 1.11. The molecule has 3 aromatic carbocycles. The molecule has 1 atom stereocenters. The minimum Gasteiger partial charge on any atom is -0.0786 e. The van der Waals surface area contributed by atoms with Crippen LogP contribution in [0.15, 0.2) is 54.6 Å². The minimum absolute atomic E-state index is 0.226. The lowest BCUT2D eigenvalue weighted by Crippen LogP contribution is -2.00. The summed E-state index contributed by atoms with van der Waals surface area (Å²) in [6.45, 7) is 6.56. The van der Waals surface area contributed by atoms with Crippen molar-refractivity contribution in [2.24, 2.45) is 0 Å². The molecule has 0 heterocycles. The molecule has 0 aliphatic heterocycles. The lowest BCUT2D eigenvalue weighted by Gasteiger charge is -2.19. The van der Waals surface area contributed by atoms with Crippen LogP contribution in [0, 0.1) is 20.8 Å². The van der Waals surface area contributed by atoms with Gasteiger partial charge in [0.25, 0.3) is 0 Å². The Balaban J connectivity index is 2.20. The number of fused-ring (bicyclic) bond motifs is 1. The van der Waals surface area contributed by atoms with Crippen LogP contribution >= 0.6 is 15.9 Å². The van der Waals surface area contributed by atoms with E-state index in [1.807, 2.05) is 0 Å². The zero-order valence-electron chi connectivity index (χ0n) is 12.7. The van der Waals surface area contributed by atoms with Crippen LogP contribution in [-0.4, -0.2) is 0 Å². The SMILES string of the molecule is Cc1cc(C)c(C(Br)c2cccc3ccccc23)c(C)c1. The van der Waals surface area contributed by atoms with Gasteiger partial charge in [0.15, 0.2) is 0 Å². The summed E-state index contributed by atoms with van der Waals surface area (Å²) in [6, 6.07) is 19.7. The van der Waals surface area contributed by atoms with E-state index >= 15 is 0 Å². The van der Waals surface area contributed by atoms with Gasteiger partial charge >= 0.3 is 0 Å². The van der Waals surface area contributed by atoms with E-state index in [-0.39, 0.29) is 4.83 Å². The van der Waals surface area contributed by atoms with Crippen LogP contribution in [0.25, 0.3) is 10.8 Å². The van der Waals surface area contributed by atoms with Gasteiger partial charge in [0.05, 0.1) is 4.83 Å². The highest BCUT2D eigenvalue weighted by Gasteiger charge is 2.17. The highest BCUT2D eigenvalue weighted by Crippen LogP contribution is 2.38. The smallest absolute Gasteiger partial charge is 0.0655 e. The van der Waals surface area contributed by atoms with E-state index in [0.717, 1.165) is 0 Å². The molecule has 0 N–H and O–H groups in total. The van der Waals surface area contributed by atoms with Gasteiger partial charge in [0.1, 0.15) is 0 Å². The fourth-order valence-corrected chi connectivity index (χ4v) is 4.34. The van der Waals surface area contributed by atoms with Gasteiger partial charge in [0, 0.05) is 0 Å². The second-order valence-electron chi connectivity index (χ2n) is 5.74. The van der Waals surface area contributed by atoms with Crippen molar-refractivity contribution in [1.82, 2.24) is 0 Å². The van der Waals surface area contributed by atoms with Gasteiger partial charge < -0.3 is 0 Å². The molecule has 3 aromatic rings. The normalized spacial score (nSPS) is 12.6. The zero-order valence-corrected chi connectivity index (χ0v) is 14.2. The van der Waals surface area contributed by atoms with Crippen LogP contribution in [0.2, 0.25) is 0 Å². The Morgan fingerprint density at radius 2 is 1.43 bits per heavy atom. The molecule has 21 heavy (non-hydrogen) atoms. The number of halogens is 1. The van der Waals surface area contributed by atoms with E-state index in [1.54, 1.807) is 0 Å². The van der Waals surface area contributed by atoms with Gasteiger partial charge in [-0.25, -0.2) is 0 Å². The first-order valence-corrected chi connectivity index (χ1v) is 8.19. The topological polar surface area (TPSA) is 0 Å². The van der Waals surface area contributed by atoms with Gasteiger partial charge in [0.2, 0.25) is 0 Å². The van der Waals surface area contributed by atoms with Crippen LogP contribution in [0.4, 0.5) is 0 Å². The monoisotopic (exact) mass is 338 g/mol. The average Bonchev–Trinajstić information content (AvgIpc) is 2.45. The van der Waals surface area contributed by atoms with Crippen LogP contribution < -0.4 is 0 Å². The van der Waals surface area contributed by atoms with Crippen LogP contribution in [0.3, 0.4) is 0 Å². The van der Waals surface area contributed by atoms with Crippen molar-refractivity contribution in [2.75, 3.05) is 0 Å². The zero-order chi connectivity index (χ0) is 15.0. The first-order valence-electron chi connectivity index (χ1n) is 7.27. The summed E-state index contributed by atoms with van der Waals surface area (Å²) >= 11 is 3.94. The fraction of sp³-hybridized carbons (Fsp3) is 0.200. The molecule has 1 unspecified atom stereocenters. The van der Waals surface area contributed by atoms with Gasteiger partial charge in [-0.05, 0) is 53.8 Å². The summed E-state index contributed by atoms with van der Waals surface area (Å²) in [6.07, 6.45) is 0. The van der Waals surface area contributed by atoms with Crippen molar-refractivity contribution >= 4 is 26.7 Å². The number of benzene rings is 3. The predicted octanol–water partition coefficient (Wildman–Crippen LogP) is 6.25. The molecular formula is C20H19Br. The first kappa shape index (κ1) is 14.3. The van der Waals surface area contributed by atoms with Gasteiger partial charge in [-0.15, -0.1) is 0 Å². The number of hydrogen-bond acceptors (Lipinski definition) is 0. The molecule has 0 amide bonds. The van der Waals surface area contributed by atoms with Crippen molar-refractivity contribution in [3.8, 4) is 0 Å². The second kappa shape index (κ2) is 5.65. The number of alkyl halides is 1. The maximum Gasteiger partial charge on any atom is 0.0655 e. The number of aryl methyl sites for hydroxylation is 3. The van der Waals surface area contributed by atoms with E-state index < -0.39 is 0 Å². The van der Waals surface area contributed by atoms with Crippen molar-refractivity contribution in [3.05, 3.63) is 82.4 Å². The second-order valence-corrected chi connectivity index (χ2v) is 6.66. The van der Waals surface area contributed by atoms with E-state index in [0.29, 0.717) is 0 Å². The van der Waals surface area contributed by atoms with Crippen molar-refractivity contribution < 1.29 is 0 Å². The molecule has 0 aliphatic rings. The number of hydrogen-bond donors (Lipinski definition) is 0. The molecule has 0 saturated heterocycles. The fourth-order valence-electron chi connectivity index (χ4n) is 3.22. The Hall–Kier alpha value is -1.60. The molecule has 0 saturated carbocycles. The summed E-state index contributed by atoms with van der Waals surface area (Å²) in [5.74, 6) is 0. The van der Waals surface area contributed by atoms with Gasteiger partial charge in [-0.3, -0.25) is 0 Å². The van der Waals surface area contributed by atoms with Crippen LogP contribution in [0.5, 0.6) is 0 Å². The summed E-state index contributed by atoms with van der Waals surface area (Å²) in [5.41, 5.74) is 6.75. The lowest BCUT2D eigenvalue weighted by atomic mass is 9.92. The third kappa shape index (κ3) is 2.63. The third-order valence-electron chi connectivity index (χ3n) is 4.09. The summed E-state index contributed by atoms with van der Waals surface area (Å²) in [5, 5.41) is 2.61. The first-order chi connectivity index (χ1) is 10.1. The predicted molar refractivity (Wildman–Crippen MR) is 95.4 cm³/mol. The molecule has 3 rings (SSSR count). The molecule has 0 fully saturated rings. The van der Waals surface area contributed by atoms with Crippen molar-refractivity contribution in [1.29, 1.82) is 0 Å². The maximum absolute atomic E-state index is 3.94. The van der Waals surface area contributed by atoms with E-state index in [4.69, 9.17) is 0 Å². The van der Waals surface area contributed by atoms with Gasteiger partial charge in [-0.1, -0.05) is 76.1 Å². The maximum atomic E-state index is 3.94. The molecule has 0 aromatic heterocycles. The Kier molecular flexibility index (Phi) is 3.86. The standard InChI is InChI=1S/C20H19Br/c1-13-11-14(2)19(15(3)12-13)20(21)18-10-6-8-16-7-4-5-9-17(16)18/h4-12,20H,1-3H3. The van der Waals surface area contributed by atoms with Crippen LogP contribution in [0.1, 0.15) is 32.6 Å². The van der Waals surface area contributed by atoms with Crippen molar-refractivity contribution in [2.45, 2.75) is 25.6 Å². The molecule has 106 valence electrons. The molecule has 0 aliphatic carbocycles. The highest BCUT2D eigenvalue weighted by atomic mass is 79.9. The quantitative estimate of drug-likeness (QED) is 0.484. The minimum atomic E-state index is 0.226. The van der Waals surface area contributed by atoms with E-state index in [2.05, 4.69) is 91.3 Å². The molecule has 1 heteroatoms. The van der Waals surface area contributed by atoms with Gasteiger partial charge in [-0.2, -0.15) is 0 Å². The number of rotatable bonds is 2. The third-order valence-corrected chi connectivity index (χ3v) is 5.04. The molecule has 0 nitrogen and oxygen atoms in total. The Morgan fingerprint density at radius 1 is 0.810 bits per heavy atom. The van der Waals surface area contributed by atoms with E-state index in [9.17, 15) is 0 Å².